The molecule has 0 aliphatic rings. The lowest BCUT2D eigenvalue weighted by molar-refractivity contribution is -0.133. The maximum atomic E-state index is 12.2. The van der Waals surface area contributed by atoms with Crippen LogP contribution in [0, 0.1) is 0 Å². The molecule has 0 fully saturated rings. The van der Waals surface area contributed by atoms with Crippen molar-refractivity contribution in [2.45, 2.75) is 39.0 Å². The summed E-state index contributed by atoms with van der Waals surface area (Å²) in [6, 6.07) is 15.1. The Hall–Kier alpha value is -1.55. The van der Waals surface area contributed by atoms with E-state index in [1.807, 2.05) is 43.3 Å². The van der Waals surface area contributed by atoms with Crippen LogP contribution in [0.25, 0.3) is 0 Å². The fourth-order valence-electron chi connectivity index (χ4n) is 2.30. The topological polar surface area (TPSA) is 38.3 Å². The molecule has 0 saturated carbocycles. The number of hydrogen-bond acceptors (Lipinski definition) is 2. The quantitative estimate of drug-likeness (QED) is 0.775. The Morgan fingerprint density at radius 2 is 1.83 bits per heavy atom. The molecule has 1 N–H and O–H groups in total. The zero-order valence-corrected chi connectivity index (χ0v) is 15.3. The number of hydrogen-bond donors (Lipinski definition) is 1. The Kier molecular flexibility index (Phi) is 7.10. The minimum Gasteiger partial charge on any atom is -0.364 e. The van der Waals surface area contributed by atoms with E-state index in [2.05, 4.69) is 5.32 Å². The third-order valence-corrected chi connectivity index (χ3v) is 4.23. The average Bonchev–Trinajstić information content (AvgIpc) is 2.56. The van der Waals surface area contributed by atoms with E-state index >= 15 is 0 Å². The lowest BCUT2D eigenvalue weighted by Gasteiger charge is -2.18. The Balaban J connectivity index is 1.82. The van der Waals surface area contributed by atoms with Gasteiger partial charge in [-0.05, 0) is 43.5 Å². The van der Waals surface area contributed by atoms with Crippen molar-refractivity contribution in [2.75, 3.05) is 0 Å². The first-order valence-electron chi connectivity index (χ1n) is 7.85. The minimum atomic E-state index is -0.520. The monoisotopic (exact) mass is 365 g/mol. The first kappa shape index (κ1) is 18.8. The second kappa shape index (κ2) is 9.07. The van der Waals surface area contributed by atoms with Crippen LogP contribution in [0.15, 0.2) is 48.5 Å². The summed E-state index contributed by atoms with van der Waals surface area (Å²) in [5.74, 6) is -0.136. The summed E-state index contributed by atoms with van der Waals surface area (Å²) in [6.45, 7) is 4.10. The standard InChI is InChI=1S/C19H21Cl2NO2/c1-13(10-16-8-9-17(20)11-18(16)21)22-19(23)14(2)24-12-15-6-4-3-5-7-15/h3-9,11,13-14H,10,12H2,1-2H3,(H,22,23). The summed E-state index contributed by atoms with van der Waals surface area (Å²) >= 11 is 12.1. The molecule has 1 amide bonds. The van der Waals surface area contributed by atoms with E-state index in [1.165, 1.54) is 0 Å². The molecule has 0 heterocycles. The van der Waals surface area contributed by atoms with Crippen LogP contribution in [0.1, 0.15) is 25.0 Å². The molecular formula is C19H21Cl2NO2. The van der Waals surface area contributed by atoms with Gasteiger partial charge in [0.25, 0.3) is 0 Å². The third-order valence-electron chi connectivity index (χ3n) is 3.64. The van der Waals surface area contributed by atoms with Gasteiger partial charge >= 0.3 is 0 Å². The van der Waals surface area contributed by atoms with E-state index in [0.717, 1.165) is 11.1 Å². The highest BCUT2D eigenvalue weighted by atomic mass is 35.5. The molecule has 0 saturated heterocycles. The lowest BCUT2D eigenvalue weighted by atomic mass is 10.1. The molecule has 0 aromatic heterocycles. The highest BCUT2D eigenvalue weighted by Crippen LogP contribution is 2.22. The van der Waals surface area contributed by atoms with E-state index in [1.54, 1.807) is 19.1 Å². The molecule has 128 valence electrons. The van der Waals surface area contributed by atoms with Crippen molar-refractivity contribution in [2.24, 2.45) is 0 Å². The first-order chi connectivity index (χ1) is 11.5. The number of halogens is 2. The van der Waals surface area contributed by atoms with Gasteiger partial charge in [-0.15, -0.1) is 0 Å². The predicted molar refractivity (Wildman–Crippen MR) is 98.5 cm³/mol. The molecule has 24 heavy (non-hydrogen) atoms. The Morgan fingerprint density at radius 3 is 2.50 bits per heavy atom. The molecule has 2 rings (SSSR count). The molecule has 0 aliphatic carbocycles. The molecule has 2 aromatic rings. The van der Waals surface area contributed by atoms with Crippen molar-refractivity contribution >= 4 is 29.1 Å². The Labute approximate surface area is 152 Å². The smallest absolute Gasteiger partial charge is 0.249 e. The molecule has 0 aliphatic heterocycles. The Bertz CT molecular complexity index is 676. The van der Waals surface area contributed by atoms with Gasteiger partial charge in [0.1, 0.15) is 6.10 Å². The molecule has 0 radical (unpaired) electrons. The maximum absolute atomic E-state index is 12.2. The van der Waals surface area contributed by atoms with Gasteiger partial charge in [-0.3, -0.25) is 4.79 Å². The van der Waals surface area contributed by atoms with Gasteiger partial charge in [-0.2, -0.15) is 0 Å². The highest BCUT2D eigenvalue weighted by molar-refractivity contribution is 6.35. The van der Waals surface area contributed by atoms with E-state index in [4.69, 9.17) is 27.9 Å². The first-order valence-corrected chi connectivity index (χ1v) is 8.61. The number of ether oxygens (including phenoxy) is 1. The SMILES string of the molecule is CC(Cc1ccc(Cl)cc1Cl)NC(=O)C(C)OCc1ccccc1. The van der Waals surface area contributed by atoms with Gasteiger partial charge in [0.2, 0.25) is 5.91 Å². The van der Waals surface area contributed by atoms with Crippen LogP contribution >= 0.6 is 23.2 Å². The predicted octanol–water partition coefficient (Wildman–Crippen LogP) is 4.65. The van der Waals surface area contributed by atoms with Crippen LogP contribution in [0.3, 0.4) is 0 Å². The maximum Gasteiger partial charge on any atom is 0.249 e. The van der Waals surface area contributed by atoms with Gasteiger partial charge in [-0.1, -0.05) is 59.6 Å². The summed E-state index contributed by atoms with van der Waals surface area (Å²) < 4.78 is 5.62. The highest BCUT2D eigenvalue weighted by Gasteiger charge is 2.16. The molecule has 2 atom stereocenters. The summed E-state index contributed by atoms with van der Waals surface area (Å²) in [7, 11) is 0. The molecule has 5 heteroatoms. The summed E-state index contributed by atoms with van der Waals surface area (Å²) in [4.78, 5) is 12.2. The van der Waals surface area contributed by atoms with E-state index in [9.17, 15) is 4.79 Å². The third kappa shape index (κ3) is 5.82. The number of carbonyl (C=O) groups is 1. The molecular weight excluding hydrogens is 345 g/mol. The molecule has 2 unspecified atom stereocenters. The van der Waals surface area contributed by atoms with Gasteiger partial charge < -0.3 is 10.1 Å². The second-order valence-electron chi connectivity index (χ2n) is 5.79. The van der Waals surface area contributed by atoms with Crippen molar-refractivity contribution < 1.29 is 9.53 Å². The van der Waals surface area contributed by atoms with E-state index in [0.29, 0.717) is 23.1 Å². The van der Waals surface area contributed by atoms with Gasteiger partial charge in [0, 0.05) is 16.1 Å². The zero-order valence-electron chi connectivity index (χ0n) is 13.8. The molecule has 0 bridgehead atoms. The number of carbonyl (C=O) groups excluding carboxylic acids is 1. The van der Waals surface area contributed by atoms with Crippen LogP contribution in [-0.2, 0) is 22.6 Å². The average molecular weight is 366 g/mol. The van der Waals surface area contributed by atoms with Crippen LogP contribution in [0.2, 0.25) is 10.0 Å². The van der Waals surface area contributed by atoms with Crippen molar-refractivity contribution in [3.05, 3.63) is 69.7 Å². The molecule has 0 spiro atoms. The van der Waals surface area contributed by atoms with Crippen LogP contribution < -0.4 is 5.32 Å². The fourth-order valence-corrected chi connectivity index (χ4v) is 2.79. The largest absolute Gasteiger partial charge is 0.364 e. The van der Waals surface area contributed by atoms with E-state index < -0.39 is 6.10 Å². The van der Waals surface area contributed by atoms with Crippen molar-refractivity contribution in [1.29, 1.82) is 0 Å². The normalized spacial score (nSPS) is 13.3. The number of nitrogens with one attached hydrogen (secondary N) is 1. The van der Waals surface area contributed by atoms with E-state index in [-0.39, 0.29) is 11.9 Å². The minimum absolute atomic E-state index is 0.0565. The molecule has 3 nitrogen and oxygen atoms in total. The summed E-state index contributed by atoms with van der Waals surface area (Å²) in [5, 5.41) is 4.16. The van der Waals surface area contributed by atoms with Crippen LogP contribution in [0.4, 0.5) is 0 Å². The van der Waals surface area contributed by atoms with Gasteiger partial charge in [0.05, 0.1) is 6.61 Å². The lowest BCUT2D eigenvalue weighted by Crippen LogP contribution is -2.40. The zero-order chi connectivity index (χ0) is 17.5. The van der Waals surface area contributed by atoms with Gasteiger partial charge in [0.15, 0.2) is 0 Å². The van der Waals surface area contributed by atoms with Crippen molar-refractivity contribution in [3.8, 4) is 0 Å². The van der Waals surface area contributed by atoms with Crippen molar-refractivity contribution in [3.63, 3.8) is 0 Å². The Morgan fingerprint density at radius 1 is 1.12 bits per heavy atom. The molecule has 2 aromatic carbocycles. The number of benzene rings is 2. The van der Waals surface area contributed by atoms with Crippen molar-refractivity contribution in [1.82, 2.24) is 5.32 Å². The fraction of sp³-hybridized carbons (Fsp3) is 0.316. The number of rotatable bonds is 7. The van der Waals surface area contributed by atoms with Crippen LogP contribution in [0.5, 0.6) is 0 Å². The summed E-state index contributed by atoms with van der Waals surface area (Å²) in [5.41, 5.74) is 1.99. The second-order valence-corrected chi connectivity index (χ2v) is 6.63. The van der Waals surface area contributed by atoms with Crippen LogP contribution in [-0.4, -0.2) is 18.1 Å². The number of amides is 1. The summed E-state index contributed by atoms with van der Waals surface area (Å²) in [6.07, 6.45) is 0.112. The van der Waals surface area contributed by atoms with Gasteiger partial charge in [-0.25, -0.2) is 0 Å².